The van der Waals surface area contributed by atoms with Crippen LogP contribution < -0.4 is 10.6 Å². The third-order valence-corrected chi connectivity index (χ3v) is 4.44. The van der Waals surface area contributed by atoms with Crippen LogP contribution in [-0.4, -0.2) is 41.9 Å². The Kier molecular flexibility index (Phi) is 10.2. The molecule has 2 aromatic rings. The van der Waals surface area contributed by atoms with Gasteiger partial charge < -0.3 is 15.4 Å². The summed E-state index contributed by atoms with van der Waals surface area (Å²) >= 11 is 0. The maximum atomic E-state index is 12.2. The van der Waals surface area contributed by atoms with Gasteiger partial charge >= 0.3 is 0 Å². The van der Waals surface area contributed by atoms with Crippen molar-refractivity contribution in [1.82, 2.24) is 15.5 Å². The van der Waals surface area contributed by atoms with Crippen molar-refractivity contribution < 1.29 is 14.3 Å². The molecule has 0 saturated heterocycles. The average Bonchev–Trinajstić information content (AvgIpc) is 2.68. The number of rotatable bonds is 12. The molecule has 0 aromatic heterocycles. The van der Waals surface area contributed by atoms with E-state index in [-0.39, 0.29) is 37.0 Å². The van der Waals surface area contributed by atoms with Crippen LogP contribution in [0.2, 0.25) is 0 Å². The summed E-state index contributed by atoms with van der Waals surface area (Å²) in [6.07, 6.45) is 0. The second-order valence-corrected chi connectivity index (χ2v) is 8.38. The lowest BCUT2D eigenvalue weighted by molar-refractivity contribution is -0.125. The molecule has 2 aromatic carbocycles. The monoisotopic (exact) mass is 425 g/mol. The Morgan fingerprint density at radius 1 is 0.742 bits per heavy atom. The highest BCUT2D eigenvalue weighted by atomic mass is 16.5. The van der Waals surface area contributed by atoms with E-state index in [2.05, 4.69) is 10.6 Å². The van der Waals surface area contributed by atoms with Crippen LogP contribution in [0.1, 0.15) is 44.4 Å². The van der Waals surface area contributed by atoms with E-state index in [1.165, 1.54) is 0 Å². The van der Waals surface area contributed by atoms with Crippen molar-refractivity contribution in [1.29, 1.82) is 0 Å². The van der Waals surface area contributed by atoms with E-state index >= 15 is 0 Å². The number of nitrogens with zero attached hydrogens (tertiary/aromatic N) is 1. The number of benzene rings is 2. The van der Waals surface area contributed by atoms with E-state index < -0.39 is 0 Å². The maximum Gasteiger partial charge on any atom is 0.234 e. The zero-order chi connectivity index (χ0) is 22.6. The fourth-order valence-corrected chi connectivity index (χ4v) is 3.17. The molecule has 0 unspecified atom stereocenters. The second-order valence-electron chi connectivity index (χ2n) is 8.38. The van der Waals surface area contributed by atoms with Gasteiger partial charge in [-0.25, -0.2) is 0 Å². The lowest BCUT2D eigenvalue weighted by atomic mass is 10.1. The van der Waals surface area contributed by atoms with Crippen LogP contribution in [0.15, 0.2) is 54.6 Å². The molecule has 2 rings (SSSR count). The molecule has 0 saturated carbocycles. The van der Waals surface area contributed by atoms with Crippen LogP contribution in [0.25, 0.3) is 0 Å². The molecule has 0 spiro atoms. The van der Waals surface area contributed by atoms with Crippen LogP contribution in [0.5, 0.6) is 0 Å². The minimum absolute atomic E-state index is 0.0639. The molecule has 0 radical (unpaired) electrons. The number of carbonyl (C=O) groups is 2. The summed E-state index contributed by atoms with van der Waals surface area (Å²) in [7, 11) is 0. The first-order valence-corrected chi connectivity index (χ1v) is 10.8. The van der Waals surface area contributed by atoms with Crippen molar-refractivity contribution >= 4 is 11.8 Å². The summed E-state index contributed by atoms with van der Waals surface area (Å²) in [6, 6.07) is 18.3. The Morgan fingerprint density at radius 3 is 1.68 bits per heavy atom. The average molecular weight is 426 g/mol. The number of amides is 2. The molecule has 31 heavy (non-hydrogen) atoms. The molecule has 0 heterocycles. The Hall–Kier alpha value is -2.70. The van der Waals surface area contributed by atoms with E-state index in [0.717, 1.165) is 16.7 Å². The van der Waals surface area contributed by atoms with Crippen LogP contribution in [0.3, 0.4) is 0 Å². The molecule has 0 aliphatic carbocycles. The fraction of sp³-hybridized carbons (Fsp3) is 0.440. The zero-order valence-corrected chi connectivity index (χ0v) is 19.1. The first-order chi connectivity index (χ1) is 14.8. The van der Waals surface area contributed by atoms with Gasteiger partial charge in [0.15, 0.2) is 0 Å². The minimum atomic E-state index is -0.0849. The molecular weight excluding hydrogens is 390 g/mol. The van der Waals surface area contributed by atoms with Gasteiger partial charge in [0.25, 0.3) is 0 Å². The molecule has 2 amide bonds. The van der Waals surface area contributed by atoms with Gasteiger partial charge in [-0.2, -0.15) is 0 Å². The quantitative estimate of drug-likeness (QED) is 0.548. The van der Waals surface area contributed by atoms with Crippen molar-refractivity contribution in [3.8, 4) is 0 Å². The molecule has 168 valence electrons. The maximum absolute atomic E-state index is 12.2. The molecule has 6 nitrogen and oxygen atoms in total. The molecule has 0 bridgehead atoms. The lowest BCUT2D eigenvalue weighted by Gasteiger charge is -2.23. The third-order valence-electron chi connectivity index (χ3n) is 4.44. The van der Waals surface area contributed by atoms with Gasteiger partial charge in [-0.15, -0.1) is 0 Å². The minimum Gasteiger partial charge on any atom is -0.372 e. The number of hydrogen-bond donors (Lipinski definition) is 2. The van der Waals surface area contributed by atoms with Gasteiger partial charge in [0, 0.05) is 18.6 Å². The molecule has 0 fully saturated rings. The molecule has 0 aliphatic heterocycles. The first-order valence-electron chi connectivity index (χ1n) is 10.8. The second kappa shape index (κ2) is 12.9. The third kappa shape index (κ3) is 10.2. The van der Waals surface area contributed by atoms with Gasteiger partial charge in [0.2, 0.25) is 11.8 Å². The van der Waals surface area contributed by atoms with Gasteiger partial charge in [-0.05, 0) is 44.4 Å². The summed E-state index contributed by atoms with van der Waals surface area (Å²) in [6.45, 7) is 9.66. The van der Waals surface area contributed by atoms with Crippen molar-refractivity contribution in [2.24, 2.45) is 0 Å². The molecule has 0 aliphatic rings. The lowest BCUT2D eigenvalue weighted by Crippen LogP contribution is -2.45. The van der Waals surface area contributed by atoms with Crippen molar-refractivity contribution in [3.05, 3.63) is 71.3 Å². The fourth-order valence-electron chi connectivity index (χ4n) is 3.17. The Balaban J connectivity index is 1.91. The molecular formula is C25H35N3O3. The number of hydrogen-bond acceptors (Lipinski definition) is 4. The number of carbonyl (C=O) groups excluding carboxylic acids is 2. The predicted octanol–water partition coefficient (Wildman–Crippen LogP) is 3.25. The van der Waals surface area contributed by atoms with Gasteiger partial charge in [-0.1, -0.05) is 54.6 Å². The van der Waals surface area contributed by atoms with Crippen LogP contribution in [0, 0.1) is 0 Å². The molecule has 0 atom stereocenters. The van der Waals surface area contributed by atoms with Gasteiger partial charge in [0.1, 0.15) is 0 Å². The number of nitrogens with one attached hydrogen (secondary N) is 2. The molecule has 2 N–H and O–H groups in total. The van der Waals surface area contributed by atoms with Crippen LogP contribution in [0.4, 0.5) is 0 Å². The highest BCUT2D eigenvalue weighted by molar-refractivity contribution is 5.81. The normalized spacial score (nSPS) is 11.2. The van der Waals surface area contributed by atoms with Gasteiger partial charge in [-0.3, -0.25) is 14.5 Å². The van der Waals surface area contributed by atoms with Crippen LogP contribution >= 0.6 is 0 Å². The Bertz CT molecular complexity index is 781. The summed E-state index contributed by atoms with van der Waals surface area (Å²) in [5.41, 5.74) is 3.27. The van der Waals surface area contributed by atoms with E-state index in [4.69, 9.17) is 4.74 Å². The summed E-state index contributed by atoms with van der Waals surface area (Å²) < 4.78 is 5.79. The van der Waals surface area contributed by atoms with Crippen molar-refractivity contribution in [2.45, 2.75) is 59.5 Å². The highest BCUT2D eigenvalue weighted by Gasteiger charge is 2.16. The first kappa shape index (κ1) is 24.6. The predicted molar refractivity (Wildman–Crippen MR) is 123 cm³/mol. The Labute approximate surface area is 186 Å². The van der Waals surface area contributed by atoms with E-state index in [1.807, 2.05) is 87.2 Å². The summed E-state index contributed by atoms with van der Waals surface area (Å²) in [5.74, 6) is -0.170. The topological polar surface area (TPSA) is 70.7 Å². The van der Waals surface area contributed by atoms with E-state index in [1.54, 1.807) is 0 Å². The summed E-state index contributed by atoms with van der Waals surface area (Å²) in [4.78, 5) is 26.3. The smallest absolute Gasteiger partial charge is 0.234 e. The highest BCUT2D eigenvalue weighted by Crippen LogP contribution is 2.10. The standard InChI is InChI=1S/C25H35N3O3/c1-19(2)26-24(29)15-28(16-25(30)27-20(3)4)14-21-10-12-23(13-11-21)18-31-17-22-8-6-5-7-9-22/h5-13,19-20H,14-18H2,1-4H3,(H,26,29)(H,27,30). The SMILES string of the molecule is CC(C)NC(=O)CN(CC(=O)NC(C)C)Cc1ccc(COCc2ccccc2)cc1. The van der Waals surface area contributed by atoms with Crippen molar-refractivity contribution in [2.75, 3.05) is 13.1 Å². The molecule has 6 heteroatoms. The van der Waals surface area contributed by atoms with E-state index in [9.17, 15) is 9.59 Å². The van der Waals surface area contributed by atoms with E-state index in [0.29, 0.717) is 19.8 Å². The van der Waals surface area contributed by atoms with Crippen LogP contribution in [-0.2, 0) is 34.1 Å². The summed E-state index contributed by atoms with van der Waals surface area (Å²) in [5, 5.41) is 5.78. The van der Waals surface area contributed by atoms with Crippen molar-refractivity contribution in [3.63, 3.8) is 0 Å². The van der Waals surface area contributed by atoms with Gasteiger partial charge in [0.05, 0.1) is 26.3 Å². The Morgan fingerprint density at radius 2 is 1.19 bits per heavy atom. The number of ether oxygens (including phenoxy) is 1. The zero-order valence-electron chi connectivity index (χ0n) is 19.1. The largest absolute Gasteiger partial charge is 0.372 e.